The zero-order valence-electron chi connectivity index (χ0n) is 13.8. The van der Waals surface area contributed by atoms with Crippen LogP contribution in [0.4, 0.5) is 10.5 Å². The van der Waals surface area contributed by atoms with Crippen LogP contribution in [0.15, 0.2) is 54.6 Å². The van der Waals surface area contributed by atoms with Crippen LogP contribution in [-0.2, 0) is 0 Å². The molecule has 2 aromatic rings. The van der Waals surface area contributed by atoms with Crippen LogP contribution in [0.5, 0.6) is 0 Å². The molecule has 4 heteroatoms. The number of urea groups is 1. The number of amides is 2. The van der Waals surface area contributed by atoms with Gasteiger partial charge in [0.25, 0.3) is 0 Å². The van der Waals surface area contributed by atoms with Crippen molar-refractivity contribution in [1.29, 1.82) is 0 Å². The lowest BCUT2D eigenvalue weighted by molar-refractivity contribution is 0.247. The monoisotopic (exact) mass is 311 g/mol. The minimum Gasteiger partial charge on any atom is -0.335 e. The quantitative estimate of drug-likeness (QED) is 0.727. The van der Waals surface area contributed by atoms with Crippen molar-refractivity contribution in [3.63, 3.8) is 0 Å². The second kappa shape index (κ2) is 8.96. The van der Waals surface area contributed by atoms with E-state index in [1.165, 1.54) is 0 Å². The fraction of sp³-hybridized carbons (Fsp3) is 0.316. The van der Waals surface area contributed by atoms with E-state index >= 15 is 0 Å². The highest BCUT2D eigenvalue weighted by Crippen LogP contribution is 2.27. The van der Waals surface area contributed by atoms with Gasteiger partial charge in [-0.3, -0.25) is 0 Å². The molecule has 0 aliphatic heterocycles. The molecule has 0 fully saturated rings. The molecule has 1 unspecified atom stereocenters. The molecule has 0 saturated heterocycles. The Bertz CT molecular complexity index is 613. The molecule has 0 spiro atoms. The third-order valence-electron chi connectivity index (χ3n) is 3.83. The summed E-state index contributed by atoms with van der Waals surface area (Å²) in [6.07, 6.45) is 1.83. The fourth-order valence-corrected chi connectivity index (χ4v) is 2.50. The Morgan fingerprint density at radius 2 is 1.74 bits per heavy atom. The summed E-state index contributed by atoms with van der Waals surface area (Å²) in [4.78, 5) is 12.3. The minimum atomic E-state index is -0.156. The number of hydrogen-bond donors (Lipinski definition) is 3. The molecule has 0 aliphatic rings. The summed E-state index contributed by atoms with van der Waals surface area (Å²) in [6.45, 7) is 2.97. The van der Waals surface area contributed by atoms with Crippen LogP contribution < -0.4 is 16.0 Å². The number of carbonyl (C=O) groups excluding carboxylic acids is 1. The van der Waals surface area contributed by atoms with Gasteiger partial charge in [0.05, 0.1) is 5.69 Å². The summed E-state index contributed by atoms with van der Waals surface area (Å²) >= 11 is 0. The van der Waals surface area contributed by atoms with E-state index in [2.05, 4.69) is 22.9 Å². The first-order chi connectivity index (χ1) is 11.2. The van der Waals surface area contributed by atoms with E-state index in [4.69, 9.17) is 0 Å². The zero-order chi connectivity index (χ0) is 16.5. The Balaban J connectivity index is 2.07. The van der Waals surface area contributed by atoms with Crippen molar-refractivity contribution in [3.05, 3.63) is 54.6 Å². The minimum absolute atomic E-state index is 0.156. The Morgan fingerprint density at radius 1 is 1.04 bits per heavy atom. The van der Waals surface area contributed by atoms with Gasteiger partial charge in [-0.15, -0.1) is 0 Å². The molecular formula is C19H25N3O. The predicted molar refractivity (Wildman–Crippen MR) is 96.7 cm³/mol. The van der Waals surface area contributed by atoms with Gasteiger partial charge in [-0.2, -0.15) is 0 Å². The number of benzene rings is 2. The van der Waals surface area contributed by atoms with Crippen LogP contribution in [0.1, 0.15) is 19.8 Å². The number of carbonyl (C=O) groups is 1. The van der Waals surface area contributed by atoms with Gasteiger partial charge in [-0.1, -0.05) is 55.5 Å². The second-order valence-corrected chi connectivity index (χ2v) is 5.51. The van der Waals surface area contributed by atoms with Gasteiger partial charge in [0, 0.05) is 11.6 Å². The molecule has 3 N–H and O–H groups in total. The smallest absolute Gasteiger partial charge is 0.319 e. The van der Waals surface area contributed by atoms with E-state index < -0.39 is 0 Å². The number of anilines is 1. The average molecular weight is 311 g/mol. The average Bonchev–Trinajstić information content (AvgIpc) is 2.59. The Kier molecular flexibility index (Phi) is 6.63. The van der Waals surface area contributed by atoms with Crippen molar-refractivity contribution < 1.29 is 4.79 Å². The number of nitrogens with one attached hydrogen (secondary N) is 3. The van der Waals surface area contributed by atoms with E-state index in [0.717, 1.165) is 36.2 Å². The summed E-state index contributed by atoms with van der Waals surface area (Å²) < 4.78 is 0. The summed E-state index contributed by atoms with van der Waals surface area (Å²) in [7, 11) is 1.92. The molecule has 0 saturated carbocycles. The summed E-state index contributed by atoms with van der Waals surface area (Å²) in [5, 5.41) is 9.13. The van der Waals surface area contributed by atoms with Gasteiger partial charge in [-0.25, -0.2) is 4.79 Å². The molecule has 0 aromatic heterocycles. The highest BCUT2D eigenvalue weighted by Gasteiger charge is 2.12. The molecule has 0 heterocycles. The molecule has 2 aromatic carbocycles. The molecular weight excluding hydrogens is 286 g/mol. The van der Waals surface area contributed by atoms with Crippen LogP contribution in [-0.4, -0.2) is 25.7 Å². The molecule has 0 bridgehead atoms. The maximum atomic E-state index is 12.3. The molecule has 122 valence electrons. The summed E-state index contributed by atoms with van der Waals surface area (Å²) in [6, 6.07) is 17.9. The number of rotatable bonds is 7. The maximum absolute atomic E-state index is 12.3. The number of hydrogen-bond acceptors (Lipinski definition) is 2. The Hall–Kier alpha value is -2.33. The molecule has 2 amide bonds. The number of para-hydroxylation sites is 1. The fourth-order valence-electron chi connectivity index (χ4n) is 2.50. The van der Waals surface area contributed by atoms with Crippen molar-refractivity contribution in [2.24, 2.45) is 0 Å². The lowest BCUT2D eigenvalue weighted by atomic mass is 10.0. The van der Waals surface area contributed by atoms with Crippen LogP contribution in [0, 0.1) is 0 Å². The van der Waals surface area contributed by atoms with Gasteiger partial charge in [-0.05, 0) is 38.1 Å². The van der Waals surface area contributed by atoms with Gasteiger partial charge >= 0.3 is 6.03 Å². The van der Waals surface area contributed by atoms with E-state index in [1.807, 2.05) is 61.6 Å². The van der Waals surface area contributed by atoms with Crippen molar-refractivity contribution in [2.75, 3.05) is 18.9 Å². The predicted octanol–water partition coefficient (Wildman–Crippen LogP) is 3.86. The van der Waals surface area contributed by atoms with Crippen molar-refractivity contribution >= 4 is 11.7 Å². The normalized spacial score (nSPS) is 11.7. The topological polar surface area (TPSA) is 53.2 Å². The molecule has 23 heavy (non-hydrogen) atoms. The van der Waals surface area contributed by atoms with E-state index in [-0.39, 0.29) is 12.1 Å². The van der Waals surface area contributed by atoms with Crippen LogP contribution in [0.3, 0.4) is 0 Å². The highest BCUT2D eigenvalue weighted by molar-refractivity contribution is 5.94. The van der Waals surface area contributed by atoms with Crippen LogP contribution in [0.2, 0.25) is 0 Å². The Morgan fingerprint density at radius 3 is 2.43 bits per heavy atom. The van der Waals surface area contributed by atoms with E-state index in [1.54, 1.807) is 0 Å². The van der Waals surface area contributed by atoms with E-state index in [0.29, 0.717) is 0 Å². The summed E-state index contributed by atoms with van der Waals surface area (Å²) in [5.41, 5.74) is 2.93. The molecule has 2 rings (SSSR count). The molecule has 1 atom stereocenters. The first kappa shape index (κ1) is 17.0. The third kappa shape index (κ3) is 5.11. The molecule has 0 aliphatic carbocycles. The first-order valence-electron chi connectivity index (χ1n) is 8.11. The third-order valence-corrected chi connectivity index (χ3v) is 3.83. The van der Waals surface area contributed by atoms with E-state index in [9.17, 15) is 4.79 Å². The van der Waals surface area contributed by atoms with Crippen molar-refractivity contribution in [1.82, 2.24) is 10.6 Å². The first-order valence-corrected chi connectivity index (χ1v) is 8.11. The summed E-state index contributed by atoms with van der Waals surface area (Å²) in [5.74, 6) is 0. The van der Waals surface area contributed by atoms with Crippen LogP contribution in [0.25, 0.3) is 11.1 Å². The van der Waals surface area contributed by atoms with Gasteiger partial charge in [0.1, 0.15) is 0 Å². The van der Waals surface area contributed by atoms with Gasteiger partial charge in [0.2, 0.25) is 0 Å². The zero-order valence-corrected chi connectivity index (χ0v) is 13.8. The maximum Gasteiger partial charge on any atom is 0.319 e. The largest absolute Gasteiger partial charge is 0.335 e. The lowest BCUT2D eigenvalue weighted by Gasteiger charge is -2.18. The van der Waals surface area contributed by atoms with Gasteiger partial charge in [0.15, 0.2) is 0 Å². The second-order valence-electron chi connectivity index (χ2n) is 5.51. The molecule has 0 radical (unpaired) electrons. The van der Waals surface area contributed by atoms with Crippen LogP contribution >= 0.6 is 0 Å². The Labute approximate surface area is 138 Å². The van der Waals surface area contributed by atoms with Crippen molar-refractivity contribution in [2.45, 2.75) is 25.8 Å². The lowest BCUT2D eigenvalue weighted by Crippen LogP contribution is -2.39. The molecule has 4 nitrogen and oxygen atoms in total. The highest BCUT2D eigenvalue weighted by atomic mass is 16.2. The van der Waals surface area contributed by atoms with Crippen molar-refractivity contribution in [3.8, 4) is 11.1 Å². The standard InChI is InChI=1S/C19H25N3O/c1-3-16(13-14-20-2)21-19(23)22-18-12-8-7-11-17(18)15-9-5-4-6-10-15/h4-12,16,20H,3,13-14H2,1-2H3,(H2,21,22,23). The van der Waals surface area contributed by atoms with Gasteiger partial charge < -0.3 is 16.0 Å². The SMILES string of the molecule is CCC(CCNC)NC(=O)Nc1ccccc1-c1ccccc1.